The molecule has 0 bridgehead atoms. The summed E-state index contributed by atoms with van der Waals surface area (Å²) in [6, 6.07) is 5.33. The van der Waals surface area contributed by atoms with E-state index in [0.29, 0.717) is 11.2 Å². The van der Waals surface area contributed by atoms with E-state index in [2.05, 4.69) is 0 Å². The van der Waals surface area contributed by atoms with Gasteiger partial charge in [-0.1, -0.05) is 0 Å². The Bertz CT molecular complexity index is 270. The third kappa shape index (κ3) is 3.51. The van der Waals surface area contributed by atoms with Crippen LogP contribution in [0.2, 0.25) is 0 Å². The van der Waals surface area contributed by atoms with Crippen molar-refractivity contribution in [2.24, 2.45) is 0 Å². The fraction of sp³-hybridized carbons (Fsp3) is 0.143. The predicted octanol–water partition coefficient (Wildman–Crippen LogP) is 0.403. The van der Waals surface area contributed by atoms with E-state index >= 15 is 0 Å². The first-order chi connectivity index (χ1) is 5.83. The Morgan fingerprint density at radius 3 is 2.75 bits per heavy atom. The molecule has 0 aliphatic heterocycles. The number of rotatable bonds is 1. The SMILES string of the molecule is N#CCc1ccc[n+]([O-])c1.OO. The smallest absolute Gasteiger partial charge is 0.184 e. The number of nitriles is 1. The summed E-state index contributed by atoms with van der Waals surface area (Å²) in [6.45, 7) is 0. The minimum absolute atomic E-state index is 0.295. The van der Waals surface area contributed by atoms with Gasteiger partial charge in [-0.15, -0.1) is 0 Å². The molecule has 0 aliphatic rings. The van der Waals surface area contributed by atoms with Gasteiger partial charge in [0.2, 0.25) is 0 Å². The maximum atomic E-state index is 10.6. The molecule has 0 amide bonds. The third-order valence-corrected chi connectivity index (χ3v) is 1.12. The van der Waals surface area contributed by atoms with Crippen molar-refractivity contribution in [3.63, 3.8) is 0 Å². The van der Waals surface area contributed by atoms with Crippen molar-refractivity contribution in [2.45, 2.75) is 6.42 Å². The molecule has 64 valence electrons. The fourth-order valence-electron chi connectivity index (χ4n) is 0.697. The van der Waals surface area contributed by atoms with E-state index in [1.165, 1.54) is 12.4 Å². The summed E-state index contributed by atoms with van der Waals surface area (Å²) in [4.78, 5) is 0. The van der Waals surface area contributed by atoms with Crippen molar-refractivity contribution in [2.75, 3.05) is 0 Å². The topological polar surface area (TPSA) is 91.2 Å². The van der Waals surface area contributed by atoms with Gasteiger partial charge in [0.25, 0.3) is 0 Å². The van der Waals surface area contributed by atoms with Gasteiger partial charge in [-0.2, -0.15) is 9.99 Å². The van der Waals surface area contributed by atoms with Crippen LogP contribution in [0.1, 0.15) is 5.56 Å². The predicted molar refractivity (Wildman–Crippen MR) is 40.0 cm³/mol. The summed E-state index contributed by atoms with van der Waals surface area (Å²) in [5, 5.41) is 30.8. The Morgan fingerprint density at radius 2 is 2.25 bits per heavy atom. The Morgan fingerprint density at radius 1 is 1.58 bits per heavy atom. The van der Waals surface area contributed by atoms with Crippen molar-refractivity contribution >= 4 is 0 Å². The zero-order valence-corrected chi connectivity index (χ0v) is 6.21. The minimum Gasteiger partial charge on any atom is -0.619 e. The highest BCUT2D eigenvalue weighted by molar-refractivity contribution is 5.10. The maximum absolute atomic E-state index is 10.6. The Kier molecular flexibility index (Phi) is 5.26. The monoisotopic (exact) mass is 168 g/mol. The second kappa shape index (κ2) is 6.09. The lowest BCUT2D eigenvalue weighted by Gasteiger charge is -1.94. The number of aromatic nitrogens is 1. The summed E-state index contributed by atoms with van der Waals surface area (Å²) in [5.41, 5.74) is 0.750. The van der Waals surface area contributed by atoms with E-state index in [9.17, 15) is 5.21 Å². The summed E-state index contributed by atoms with van der Waals surface area (Å²) < 4.78 is 0.687. The summed E-state index contributed by atoms with van der Waals surface area (Å²) >= 11 is 0. The van der Waals surface area contributed by atoms with E-state index in [4.69, 9.17) is 15.8 Å². The van der Waals surface area contributed by atoms with Gasteiger partial charge in [0.05, 0.1) is 12.5 Å². The molecule has 1 rings (SSSR count). The summed E-state index contributed by atoms with van der Waals surface area (Å²) in [6.07, 6.45) is 3.08. The molecule has 0 saturated heterocycles. The lowest BCUT2D eigenvalue weighted by Crippen LogP contribution is -2.24. The molecular weight excluding hydrogens is 160 g/mol. The van der Waals surface area contributed by atoms with E-state index in [1.54, 1.807) is 12.1 Å². The maximum Gasteiger partial charge on any atom is 0.184 e. The quantitative estimate of drug-likeness (QED) is 0.275. The van der Waals surface area contributed by atoms with E-state index in [-0.39, 0.29) is 0 Å². The molecule has 0 aromatic carbocycles. The molecule has 0 aliphatic carbocycles. The first kappa shape index (κ1) is 10.4. The molecule has 0 fully saturated rings. The summed E-state index contributed by atoms with van der Waals surface area (Å²) in [7, 11) is 0. The van der Waals surface area contributed by atoms with Crippen LogP contribution < -0.4 is 4.73 Å². The molecular formula is C7H8N2O3. The molecule has 0 atom stereocenters. The Labute approximate surface area is 69.3 Å². The molecule has 1 aromatic heterocycles. The highest BCUT2D eigenvalue weighted by Gasteiger charge is 1.93. The second-order valence-corrected chi connectivity index (χ2v) is 1.91. The molecule has 5 heteroatoms. The van der Waals surface area contributed by atoms with E-state index in [0.717, 1.165) is 5.56 Å². The van der Waals surface area contributed by atoms with Gasteiger partial charge in [-0.05, 0) is 6.07 Å². The normalized spacial score (nSPS) is 7.75. The van der Waals surface area contributed by atoms with Crippen LogP contribution in [-0.2, 0) is 6.42 Å². The molecule has 1 heterocycles. The largest absolute Gasteiger partial charge is 0.619 e. The van der Waals surface area contributed by atoms with Gasteiger partial charge < -0.3 is 5.21 Å². The molecule has 0 spiro atoms. The van der Waals surface area contributed by atoms with Crippen LogP contribution in [0.5, 0.6) is 0 Å². The average Bonchev–Trinajstić information content (AvgIpc) is 2.09. The highest BCUT2D eigenvalue weighted by atomic mass is 17.0. The van der Waals surface area contributed by atoms with Crippen molar-refractivity contribution < 1.29 is 15.2 Å². The molecule has 1 aromatic rings. The van der Waals surface area contributed by atoms with Gasteiger partial charge in [0.1, 0.15) is 0 Å². The molecule has 12 heavy (non-hydrogen) atoms. The molecule has 0 radical (unpaired) electrons. The molecule has 0 unspecified atom stereocenters. The van der Waals surface area contributed by atoms with E-state index < -0.39 is 0 Å². The number of hydrogen-bond acceptors (Lipinski definition) is 4. The van der Waals surface area contributed by atoms with Gasteiger partial charge in [0.15, 0.2) is 12.4 Å². The molecule has 2 N–H and O–H groups in total. The van der Waals surface area contributed by atoms with Gasteiger partial charge in [-0.25, -0.2) is 0 Å². The van der Waals surface area contributed by atoms with Crippen LogP contribution in [0.25, 0.3) is 0 Å². The van der Waals surface area contributed by atoms with Gasteiger partial charge in [-0.3, -0.25) is 10.5 Å². The van der Waals surface area contributed by atoms with Crippen LogP contribution in [0.4, 0.5) is 0 Å². The average molecular weight is 168 g/mol. The van der Waals surface area contributed by atoms with Crippen LogP contribution in [0.3, 0.4) is 0 Å². The van der Waals surface area contributed by atoms with Gasteiger partial charge >= 0.3 is 0 Å². The third-order valence-electron chi connectivity index (χ3n) is 1.12. The van der Waals surface area contributed by atoms with Crippen molar-refractivity contribution in [3.8, 4) is 6.07 Å². The fourth-order valence-corrected chi connectivity index (χ4v) is 0.697. The zero-order chi connectivity index (χ0) is 9.40. The van der Waals surface area contributed by atoms with Crippen LogP contribution in [0.15, 0.2) is 24.5 Å². The Hall–Kier alpha value is -1.64. The zero-order valence-electron chi connectivity index (χ0n) is 6.21. The lowest BCUT2D eigenvalue weighted by atomic mass is 10.2. The standard InChI is InChI=1S/C7H6N2O.H2O2/c8-4-3-7-2-1-5-9(10)6-7;1-2/h1-2,5-6H,3H2;1-2H. The van der Waals surface area contributed by atoms with Crippen LogP contribution in [0, 0.1) is 16.5 Å². The van der Waals surface area contributed by atoms with Crippen molar-refractivity contribution in [1.82, 2.24) is 0 Å². The highest BCUT2D eigenvalue weighted by Crippen LogP contribution is 1.92. The first-order valence-corrected chi connectivity index (χ1v) is 3.07. The van der Waals surface area contributed by atoms with Crippen LogP contribution >= 0.6 is 0 Å². The molecule has 5 nitrogen and oxygen atoms in total. The number of pyridine rings is 1. The first-order valence-electron chi connectivity index (χ1n) is 3.07. The Balaban J connectivity index is 0.000000561. The lowest BCUT2D eigenvalue weighted by molar-refractivity contribution is -0.605. The minimum atomic E-state index is 0.295. The van der Waals surface area contributed by atoms with E-state index in [1.807, 2.05) is 6.07 Å². The summed E-state index contributed by atoms with van der Waals surface area (Å²) in [5.74, 6) is 0. The van der Waals surface area contributed by atoms with Crippen molar-refractivity contribution in [3.05, 3.63) is 35.3 Å². The molecule has 0 saturated carbocycles. The second-order valence-electron chi connectivity index (χ2n) is 1.91. The van der Waals surface area contributed by atoms with Crippen LogP contribution in [-0.4, -0.2) is 10.5 Å². The van der Waals surface area contributed by atoms with Gasteiger partial charge in [0, 0.05) is 11.6 Å². The number of hydrogen-bond donors (Lipinski definition) is 2. The van der Waals surface area contributed by atoms with Crippen molar-refractivity contribution in [1.29, 1.82) is 5.26 Å². The number of nitrogens with zero attached hydrogens (tertiary/aromatic N) is 2.